The predicted octanol–water partition coefficient (Wildman–Crippen LogP) is 4.31. The Morgan fingerprint density at radius 2 is 1.89 bits per heavy atom. The van der Waals surface area contributed by atoms with Crippen LogP contribution in [-0.2, 0) is 24.2 Å². The van der Waals surface area contributed by atoms with Crippen molar-refractivity contribution in [2.24, 2.45) is 0 Å². The molecule has 0 bridgehead atoms. The Morgan fingerprint density at radius 1 is 1.04 bits per heavy atom. The molecule has 0 radical (unpaired) electrons. The molecule has 0 unspecified atom stereocenters. The molecule has 1 aliphatic heterocycles. The van der Waals surface area contributed by atoms with Crippen molar-refractivity contribution < 1.29 is 14.6 Å². The summed E-state index contributed by atoms with van der Waals surface area (Å²) in [5.41, 5.74) is 4.04. The van der Waals surface area contributed by atoms with E-state index in [9.17, 15) is 4.79 Å². The molecule has 1 heterocycles. The van der Waals surface area contributed by atoms with E-state index in [0.29, 0.717) is 6.54 Å². The van der Waals surface area contributed by atoms with Gasteiger partial charge < -0.3 is 9.84 Å². The van der Waals surface area contributed by atoms with Crippen LogP contribution in [0.15, 0.2) is 48.5 Å². The van der Waals surface area contributed by atoms with Crippen LogP contribution in [0.5, 0.6) is 5.75 Å². The zero-order valence-corrected chi connectivity index (χ0v) is 15.9. The van der Waals surface area contributed by atoms with Gasteiger partial charge in [0, 0.05) is 19.6 Å². The average molecular weight is 367 g/mol. The number of carbonyl (C=O) groups is 1. The van der Waals surface area contributed by atoms with Gasteiger partial charge in [-0.2, -0.15) is 0 Å². The van der Waals surface area contributed by atoms with Gasteiger partial charge in [-0.3, -0.25) is 9.69 Å². The highest BCUT2D eigenvalue weighted by Crippen LogP contribution is 2.24. The molecular formula is C23H29NO3. The molecule has 0 aliphatic carbocycles. The van der Waals surface area contributed by atoms with Crippen molar-refractivity contribution in [3.63, 3.8) is 0 Å². The molecule has 4 heteroatoms. The number of carboxylic acid groups (broad SMARTS) is 1. The fourth-order valence-corrected chi connectivity index (χ4v) is 3.56. The van der Waals surface area contributed by atoms with Crippen molar-refractivity contribution in [3.8, 4) is 5.75 Å². The Hall–Kier alpha value is -2.33. The Morgan fingerprint density at radius 3 is 2.70 bits per heavy atom. The molecule has 0 saturated carbocycles. The Kier molecular flexibility index (Phi) is 7.28. The van der Waals surface area contributed by atoms with E-state index in [1.165, 1.54) is 29.5 Å². The summed E-state index contributed by atoms with van der Waals surface area (Å²) in [6, 6.07) is 17.0. The molecule has 27 heavy (non-hydrogen) atoms. The standard InChI is InChI=1S/C23H29NO3/c25-23(26)13-15-24-14-12-20-17-22(11-10-21(20)18-24)27-16-6-2-5-9-19-7-3-1-4-8-19/h1,3-4,7-8,10-11,17H,2,5-6,9,12-16,18H2,(H,25,26). The number of benzene rings is 2. The number of nitrogens with zero attached hydrogens (tertiary/aromatic N) is 1. The molecule has 1 aliphatic rings. The van der Waals surface area contributed by atoms with Crippen LogP contribution in [-0.4, -0.2) is 35.7 Å². The van der Waals surface area contributed by atoms with Gasteiger partial charge in [0.05, 0.1) is 13.0 Å². The van der Waals surface area contributed by atoms with E-state index in [-0.39, 0.29) is 6.42 Å². The number of fused-ring (bicyclic) bond motifs is 1. The molecule has 0 atom stereocenters. The fraction of sp³-hybridized carbons (Fsp3) is 0.435. The topological polar surface area (TPSA) is 49.8 Å². The molecule has 0 saturated heterocycles. The minimum Gasteiger partial charge on any atom is -0.494 e. The highest BCUT2D eigenvalue weighted by atomic mass is 16.5. The zero-order chi connectivity index (χ0) is 18.9. The lowest BCUT2D eigenvalue weighted by molar-refractivity contribution is -0.137. The second kappa shape index (κ2) is 10.1. The molecule has 0 aromatic heterocycles. The van der Waals surface area contributed by atoms with Crippen molar-refractivity contribution >= 4 is 5.97 Å². The van der Waals surface area contributed by atoms with E-state index in [1.54, 1.807) is 0 Å². The minimum absolute atomic E-state index is 0.209. The lowest BCUT2D eigenvalue weighted by atomic mass is 9.99. The maximum atomic E-state index is 10.7. The SMILES string of the molecule is O=C(O)CCN1CCc2cc(OCCCCCc3ccccc3)ccc2C1. The first-order valence-electron chi connectivity index (χ1n) is 9.93. The summed E-state index contributed by atoms with van der Waals surface area (Å²) >= 11 is 0. The molecule has 3 rings (SSSR count). The second-order valence-electron chi connectivity index (χ2n) is 7.25. The Balaban J connectivity index is 1.36. The summed E-state index contributed by atoms with van der Waals surface area (Å²) in [6.07, 6.45) is 5.76. The van der Waals surface area contributed by atoms with Crippen LogP contribution in [0.25, 0.3) is 0 Å². The lowest BCUT2D eigenvalue weighted by Gasteiger charge is -2.28. The summed E-state index contributed by atoms with van der Waals surface area (Å²) in [4.78, 5) is 12.9. The molecule has 0 fully saturated rings. The summed E-state index contributed by atoms with van der Waals surface area (Å²) in [7, 11) is 0. The van der Waals surface area contributed by atoms with Crippen molar-refractivity contribution in [3.05, 3.63) is 65.2 Å². The number of unbranched alkanes of at least 4 members (excludes halogenated alkanes) is 2. The number of hydrogen-bond acceptors (Lipinski definition) is 3. The third kappa shape index (κ3) is 6.40. The van der Waals surface area contributed by atoms with Gasteiger partial charge in [-0.05, 0) is 60.9 Å². The van der Waals surface area contributed by atoms with Crippen LogP contribution in [0.3, 0.4) is 0 Å². The van der Waals surface area contributed by atoms with E-state index in [2.05, 4.69) is 47.4 Å². The van der Waals surface area contributed by atoms with Gasteiger partial charge in [-0.15, -0.1) is 0 Å². The molecule has 144 valence electrons. The smallest absolute Gasteiger partial charge is 0.304 e. The fourth-order valence-electron chi connectivity index (χ4n) is 3.56. The summed E-state index contributed by atoms with van der Waals surface area (Å²) in [6.45, 7) is 3.14. The third-order valence-corrected chi connectivity index (χ3v) is 5.13. The van der Waals surface area contributed by atoms with E-state index >= 15 is 0 Å². The van der Waals surface area contributed by atoms with Crippen LogP contribution in [0.4, 0.5) is 0 Å². The molecule has 0 amide bonds. The van der Waals surface area contributed by atoms with Crippen LogP contribution < -0.4 is 4.74 Å². The van der Waals surface area contributed by atoms with Gasteiger partial charge in [0.1, 0.15) is 5.75 Å². The van der Waals surface area contributed by atoms with Gasteiger partial charge in [0.25, 0.3) is 0 Å². The number of rotatable bonds is 10. The molecular weight excluding hydrogens is 338 g/mol. The first kappa shape index (κ1) is 19.4. The van der Waals surface area contributed by atoms with E-state index in [0.717, 1.165) is 44.7 Å². The Labute approximate surface area is 161 Å². The number of aliphatic carboxylic acids is 1. The maximum absolute atomic E-state index is 10.7. The monoisotopic (exact) mass is 367 g/mol. The summed E-state index contributed by atoms with van der Waals surface area (Å²) in [5.74, 6) is 0.226. The molecule has 4 nitrogen and oxygen atoms in total. The average Bonchev–Trinajstić information content (AvgIpc) is 2.69. The molecule has 0 spiro atoms. The summed E-state index contributed by atoms with van der Waals surface area (Å²) in [5, 5.41) is 8.83. The van der Waals surface area contributed by atoms with Crippen LogP contribution in [0.1, 0.15) is 42.4 Å². The third-order valence-electron chi connectivity index (χ3n) is 5.13. The van der Waals surface area contributed by atoms with E-state index < -0.39 is 5.97 Å². The number of carboxylic acids is 1. The van der Waals surface area contributed by atoms with Crippen molar-refractivity contribution in [2.45, 2.75) is 45.1 Å². The lowest BCUT2D eigenvalue weighted by Crippen LogP contribution is -2.32. The van der Waals surface area contributed by atoms with Crippen molar-refractivity contribution in [2.75, 3.05) is 19.7 Å². The minimum atomic E-state index is -0.728. The summed E-state index contributed by atoms with van der Waals surface area (Å²) < 4.78 is 5.94. The predicted molar refractivity (Wildman–Crippen MR) is 107 cm³/mol. The van der Waals surface area contributed by atoms with Crippen LogP contribution in [0.2, 0.25) is 0 Å². The first-order chi connectivity index (χ1) is 13.2. The molecule has 2 aromatic rings. The van der Waals surface area contributed by atoms with Crippen LogP contribution >= 0.6 is 0 Å². The van der Waals surface area contributed by atoms with Gasteiger partial charge in [-0.1, -0.05) is 36.4 Å². The highest BCUT2D eigenvalue weighted by molar-refractivity contribution is 5.66. The molecule has 2 aromatic carbocycles. The van der Waals surface area contributed by atoms with E-state index in [4.69, 9.17) is 9.84 Å². The second-order valence-corrected chi connectivity index (χ2v) is 7.25. The van der Waals surface area contributed by atoms with Gasteiger partial charge in [0.15, 0.2) is 0 Å². The number of ether oxygens (including phenoxy) is 1. The first-order valence-corrected chi connectivity index (χ1v) is 9.93. The van der Waals surface area contributed by atoms with Crippen molar-refractivity contribution in [1.82, 2.24) is 4.90 Å². The van der Waals surface area contributed by atoms with Crippen molar-refractivity contribution in [1.29, 1.82) is 0 Å². The number of hydrogen-bond donors (Lipinski definition) is 1. The van der Waals surface area contributed by atoms with Crippen LogP contribution in [0, 0.1) is 0 Å². The van der Waals surface area contributed by atoms with Gasteiger partial charge in [0.2, 0.25) is 0 Å². The maximum Gasteiger partial charge on any atom is 0.304 e. The quantitative estimate of drug-likeness (QED) is 0.636. The zero-order valence-electron chi connectivity index (χ0n) is 15.9. The van der Waals surface area contributed by atoms with E-state index in [1.807, 2.05) is 6.07 Å². The Bertz CT molecular complexity index is 730. The highest BCUT2D eigenvalue weighted by Gasteiger charge is 2.17. The van der Waals surface area contributed by atoms with Gasteiger partial charge >= 0.3 is 5.97 Å². The van der Waals surface area contributed by atoms with Gasteiger partial charge in [-0.25, -0.2) is 0 Å². The largest absolute Gasteiger partial charge is 0.494 e. The molecule has 1 N–H and O–H groups in total. The normalized spacial score (nSPS) is 13.9. The number of aryl methyl sites for hydroxylation is 1.